The summed E-state index contributed by atoms with van der Waals surface area (Å²) in [5.74, 6) is -1.81. The van der Waals surface area contributed by atoms with Crippen LogP contribution in [-0.2, 0) is 16.0 Å². The normalized spacial score (nSPS) is 13.3. The van der Waals surface area contributed by atoms with E-state index in [2.05, 4.69) is 10.3 Å². The van der Waals surface area contributed by atoms with Crippen LogP contribution in [0.25, 0.3) is 10.6 Å². The van der Waals surface area contributed by atoms with E-state index < -0.39 is 17.5 Å². The van der Waals surface area contributed by atoms with Crippen molar-refractivity contribution in [2.75, 3.05) is 6.54 Å². The number of hydrogen-bond donors (Lipinski definition) is 3. The first-order valence-electron chi connectivity index (χ1n) is 6.71. The van der Waals surface area contributed by atoms with Gasteiger partial charge in [0.15, 0.2) is 5.60 Å². The van der Waals surface area contributed by atoms with Crippen molar-refractivity contribution < 1.29 is 19.8 Å². The molecule has 0 bridgehead atoms. The van der Waals surface area contributed by atoms with Gasteiger partial charge < -0.3 is 15.5 Å². The molecule has 1 atom stereocenters. The van der Waals surface area contributed by atoms with Crippen LogP contribution in [0.3, 0.4) is 0 Å². The molecule has 0 radical (unpaired) electrons. The van der Waals surface area contributed by atoms with E-state index in [9.17, 15) is 14.7 Å². The van der Waals surface area contributed by atoms with E-state index in [1.165, 1.54) is 11.3 Å². The molecule has 1 amide bonds. The number of nitrogens with zero attached hydrogens (tertiary/aromatic N) is 1. The Morgan fingerprint density at radius 3 is 2.74 bits per heavy atom. The third kappa shape index (κ3) is 4.51. The number of carbonyl (C=O) groups excluding carboxylic acids is 1. The molecule has 8 heteroatoms. The molecule has 3 N–H and O–H groups in total. The molecule has 2 rings (SSSR count). The lowest BCUT2D eigenvalue weighted by atomic mass is 10.1. The number of thiazole rings is 1. The van der Waals surface area contributed by atoms with Crippen molar-refractivity contribution >= 4 is 34.8 Å². The maximum atomic E-state index is 11.8. The van der Waals surface area contributed by atoms with E-state index in [4.69, 9.17) is 16.7 Å². The van der Waals surface area contributed by atoms with Crippen LogP contribution < -0.4 is 5.32 Å². The fraction of sp³-hybridized carbons (Fsp3) is 0.267. The van der Waals surface area contributed by atoms with E-state index >= 15 is 0 Å². The molecule has 0 aliphatic rings. The fourth-order valence-corrected chi connectivity index (χ4v) is 2.86. The Bertz CT molecular complexity index is 730. The van der Waals surface area contributed by atoms with Crippen LogP contribution in [0, 0.1) is 0 Å². The monoisotopic (exact) mass is 354 g/mol. The lowest BCUT2D eigenvalue weighted by Crippen LogP contribution is -2.46. The second-order valence-electron chi connectivity index (χ2n) is 5.16. The number of carboxylic acid groups (broad SMARTS) is 1. The quantitative estimate of drug-likeness (QED) is 0.736. The molecule has 2 aromatic rings. The molecule has 1 unspecified atom stereocenters. The number of carboxylic acids is 1. The van der Waals surface area contributed by atoms with E-state index in [1.54, 1.807) is 11.4 Å². The summed E-state index contributed by atoms with van der Waals surface area (Å²) in [6, 6.07) is 7.28. The van der Waals surface area contributed by atoms with Gasteiger partial charge >= 0.3 is 5.97 Å². The summed E-state index contributed by atoms with van der Waals surface area (Å²) >= 11 is 7.48. The van der Waals surface area contributed by atoms with Gasteiger partial charge in [-0.15, -0.1) is 11.3 Å². The predicted molar refractivity (Wildman–Crippen MR) is 87.5 cm³/mol. The summed E-state index contributed by atoms with van der Waals surface area (Å²) in [5.41, 5.74) is -0.655. The van der Waals surface area contributed by atoms with Crippen molar-refractivity contribution in [2.45, 2.75) is 18.9 Å². The standard InChI is InChI=1S/C15H15ClN2O4S/c1-15(22,14(20)21)8-17-12(19)6-9-7-23-13(18-9)10-4-2-3-5-11(10)16/h2-5,7,22H,6,8H2,1H3,(H,17,19)(H,20,21). The van der Waals surface area contributed by atoms with Gasteiger partial charge in [0.1, 0.15) is 5.01 Å². The Morgan fingerprint density at radius 1 is 1.39 bits per heavy atom. The molecule has 0 aliphatic heterocycles. The maximum Gasteiger partial charge on any atom is 0.337 e. The summed E-state index contributed by atoms with van der Waals surface area (Å²) in [4.78, 5) is 26.9. The maximum absolute atomic E-state index is 11.8. The molecular formula is C15H15ClN2O4S. The third-order valence-electron chi connectivity index (χ3n) is 3.09. The van der Waals surface area contributed by atoms with Crippen molar-refractivity contribution in [3.05, 3.63) is 40.4 Å². The highest BCUT2D eigenvalue weighted by molar-refractivity contribution is 7.13. The molecule has 0 fully saturated rings. The highest BCUT2D eigenvalue weighted by Gasteiger charge is 2.30. The SMILES string of the molecule is CC(O)(CNC(=O)Cc1csc(-c2ccccc2Cl)n1)C(=O)O. The molecule has 0 saturated carbocycles. The Morgan fingerprint density at radius 2 is 2.09 bits per heavy atom. The number of halogens is 1. The van der Waals surface area contributed by atoms with Crippen molar-refractivity contribution in [3.8, 4) is 10.6 Å². The van der Waals surface area contributed by atoms with Gasteiger partial charge in [0.2, 0.25) is 5.91 Å². The van der Waals surface area contributed by atoms with Gasteiger partial charge in [-0.1, -0.05) is 29.8 Å². The van der Waals surface area contributed by atoms with Crippen molar-refractivity contribution in [1.82, 2.24) is 10.3 Å². The number of aliphatic carboxylic acids is 1. The lowest BCUT2D eigenvalue weighted by molar-refractivity contribution is -0.156. The zero-order valence-electron chi connectivity index (χ0n) is 12.2. The van der Waals surface area contributed by atoms with Gasteiger partial charge in [-0.05, 0) is 13.0 Å². The van der Waals surface area contributed by atoms with Crippen LogP contribution in [0.2, 0.25) is 5.02 Å². The minimum absolute atomic E-state index is 0.00332. The predicted octanol–water partition coefficient (Wildman–Crippen LogP) is 1.96. The van der Waals surface area contributed by atoms with Crippen molar-refractivity contribution in [3.63, 3.8) is 0 Å². The van der Waals surface area contributed by atoms with Gasteiger partial charge in [0.25, 0.3) is 0 Å². The number of aromatic nitrogens is 1. The minimum Gasteiger partial charge on any atom is -0.479 e. The van der Waals surface area contributed by atoms with Crippen LogP contribution >= 0.6 is 22.9 Å². The van der Waals surface area contributed by atoms with Crippen molar-refractivity contribution in [1.29, 1.82) is 0 Å². The minimum atomic E-state index is -2.00. The molecule has 23 heavy (non-hydrogen) atoms. The van der Waals surface area contributed by atoms with Crippen LogP contribution in [0.1, 0.15) is 12.6 Å². The molecule has 0 spiro atoms. The van der Waals surface area contributed by atoms with E-state index in [-0.39, 0.29) is 13.0 Å². The van der Waals surface area contributed by atoms with Gasteiger partial charge in [-0.25, -0.2) is 9.78 Å². The zero-order chi connectivity index (χ0) is 17.0. The number of hydrogen-bond acceptors (Lipinski definition) is 5. The Hall–Kier alpha value is -1.96. The Balaban J connectivity index is 1.98. The van der Waals surface area contributed by atoms with Gasteiger partial charge in [-0.2, -0.15) is 0 Å². The smallest absolute Gasteiger partial charge is 0.337 e. The van der Waals surface area contributed by atoms with Gasteiger partial charge in [0, 0.05) is 10.9 Å². The second-order valence-corrected chi connectivity index (χ2v) is 6.42. The van der Waals surface area contributed by atoms with Crippen molar-refractivity contribution in [2.24, 2.45) is 0 Å². The van der Waals surface area contributed by atoms with Gasteiger partial charge in [-0.3, -0.25) is 4.79 Å². The van der Waals surface area contributed by atoms with Gasteiger partial charge in [0.05, 0.1) is 23.7 Å². The molecule has 1 aromatic heterocycles. The average Bonchev–Trinajstić information content (AvgIpc) is 2.94. The van der Waals surface area contributed by atoms with Crippen LogP contribution in [0.5, 0.6) is 0 Å². The lowest BCUT2D eigenvalue weighted by Gasteiger charge is -2.17. The highest BCUT2D eigenvalue weighted by Crippen LogP contribution is 2.30. The van der Waals surface area contributed by atoms with E-state index in [0.29, 0.717) is 15.7 Å². The van der Waals surface area contributed by atoms with Crippen LogP contribution in [0.4, 0.5) is 0 Å². The summed E-state index contributed by atoms with van der Waals surface area (Å²) in [6.45, 7) is 0.747. The van der Waals surface area contributed by atoms with E-state index in [0.717, 1.165) is 12.5 Å². The first kappa shape index (κ1) is 17.4. The number of nitrogens with one attached hydrogen (secondary N) is 1. The fourth-order valence-electron chi connectivity index (χ4n) is 1.72. The topological polar surface area (TPSA) is 99.5 Å². The molecular weight excluding hydrogens is 340 g/mol. The Labute approximate surface area is 141 Å². The number of benzene rings is 1. The molecule has 1 heterocycles. The molecule has 122 valence electrons. The van der Waals surface area contributed by atoms with Crippen LogP contribution in [0.15, 0.2) is 29.6 Å². The molecule has 6 nitrogen and oxygen atoms in total. The first-order chi connectivity index (χ1) is 10.8. The summed E-state index contributed by atoms with van der Waals surface area (Å²) in [5, 5.41) is 23.7. The molecule has 1 aromatic carbocycles. The highest BCUT2D eigenvalue weighted by atomic mass is 35.5. The number of amides is 1. The zero-order valence-corrected chi connectivity index (χ0v) is 13.8. The number of rotatable bonds is 6. The number of carbonyl (C=O) groups is 2. The second kappa shape index (κ2) is 7.08. The Kier molecular flexibility index (Phi) is 5.35. The van der Waals surface area contributed by atoms with E-state index in [1.807, 2.05) is 18.2 Å². The molecule has 0 saturated heterocycles. The first-order valence-corrected chi connectivity index (χ1v) is 7.97. The largest absolute Gasteiger partial charge is 0.479 e. The summed E-state index contributed by atoms with van der Waals surface area (Å²) in [6.07, 6.45) is -0.00332. The third-order valence-corrected chi connectivity index (χ3v) is 4.34. The molecule has 0 aliphatic carbocycles. The number of aliphatic hydroxyl groups is 1. The summed E-state index contributed by atoms with van der Waals surface area (Å²) < 4.78 is 0. The summed E-state index contributed by atoms with van der Waals surface area (Å²) in [7, 11) is 0. The average molecular weight is 355 g/mol. The van der Waals surface area contributed by atoms with Crippen LogP contribution in [-0.4, -0.2) is 39.2 Å².